The summed E-state index contributed by atoms with van der Waals surface area (Å²) in [4.78, 5) is 37.7. The number of anilines is 1. The minimum absolute atomic E-state index is 0.0126. The van der Waals surface area contributed by atoms with Gasteiger partial charge < -0.3 is 9.50 Å². The summed E-state index contributed by atoms with van der Waals surface area (Å²) in [6.07, 6.45) is 1.42. The van der Waals surface area contributed by atoms with E-state index in [1.54, 1.807) is 42.5 Å². The lowest BCUT2D eigenvalue weighted by atomic mass is 10.2. The maximum absolute atomic E-state index is 12.9. The Bertz CT molecular complexity index is 1490. The third kappa shape index (κ3) is 5.78. The van der Waals surface area contributed by atoms with Gasteiger partial charge in [0.25, 0.3) is 11.1 Å². The van der Waals surface area contributed by atoms with E-state index >= 15 is 0 Å². The van der Waals surface area contributed by atoms with E-state index in [1.165, 1.54) is 43.3 Å². The summed E-state index contributed by atoms with van der Waals surface area (Å²) in [5.41, 5.74) is 1.37. The third-order valence-electron chi connectivity index (χ3n) is 5.03. The first-order chi connectivity index (χ1) is 17.1. The number of nitrogens with one attached hydrogen (secondary N) is 1. The van der Waals surface area contributed by atoms with Crippen molar-refractivity contribution in [2.45, 2.75) is 18.4 Å². The molecule has 1 N–H and O–H groups in total. The third-order valence-corrected chi connectivity index (χ3v) is 7.55. The van der Waals surface area contributed by atoms with Crippen molar-refractivity contribution in [3.63, 3.8) is 0 Å². The Hall–Kier alpha value is -3.60. The van der Waals surface area contributed by atoms with E-state index in [4.69, 9.17) is 15.8 Å². The number of nitrogens with zero attached hydrogens (tertiary/aromatic N) is 1. The number of imide groups is 1. The molecule has 4 rings (SSSR count). The average molecular weight is 543 g/mol. The van der Waals surface area contributed by atoms with E-state index in [0.29, 0.717) is 21.8 Å². The van der Waals surface area contributed by atoms with Crippen molar-refractivity contribution in [1.82, 2.24) is 4.90 Å². The molecule has 0 bridgehead atoms. The first-order valence-corrected chi connectivity index (χ1v) is 13.1. The van der Waals surface area contributed by atoms with Gasteiger partial charge in [0, 0.05) is 23.2 Å². The second kappa shape index (κ2) is 10.6. The second-order valence-electron chi connectivity index (χ2n) is 7.64. The van der Waals surface area contributed by atoms with Crippen LogP contribution in [0.3, 0.4) is 0 Å². The molecule has 0 spiro atoms. The lowest BCUT2D eigenvalue weighted by molar-refractivity contribution is -0.123. The highest BCUT2D eigenvalue weighted by molar-refractivity contribution is 8.18. The molecule has 0 saturated carbocycles. The van der Waals surface area contributed by atoms with E-state index in [1.807, 2.05) is 0 Å². The van der Waals surface area contributed by atoms with Gasteiger partial charge in [0.2, 0.25) is 5.91 Å². The van der Waals surface area contributed by atoms with Crippen molar-refractivity contribution in [2.24, 2.45) is 0 Å². The largest absolute Gasteiger partial charge is 0.378 e. The van der Waals surface area contributed by atoms with Gasteiger partial charge in [0.15, 0.2) is 0 Å². The van der Waals surface area contributed by atoms with Crippen molar-refractivity contribution in [2.75, 3.05) is 5.32 Å². The quantitative estimate of drug-likeness (QED) is 0.318. The summed E-state index contributed by atoms with van der Waals surface area (Å²) in [5.74, 6) is -0.815. The minimum atomic E-state index is -4.22. The lowest BCUT2D eigenvalue weighted by Gasteiger charge is -2.13. The summed E-state index contributed by atoms with van der Waals surface area (Å²) >= 11 is 6.91. The summed E-state index contributed by atoms with van der Waals surface area (Å²) in [7, 11) is -4.22. The molecule has 0 aliphatic carbocycles. The number of amides is 3. The van der Waals surface area contributed by atoms with Crippen LogP contribution in [0.15, 0.2) is 82.6 Å². The first kappa shape index (κ1) is 25.5. The van der Waals surface area contributed by atoms with E-state index in [9.17, 15) is 22.8 Å². The van der Waals surface area contributed by atoms with Gasteiger partial charge in [-0.2, -0.15) is 8.42 Å². The number of carbonyl (C=O) groups is 3. The molecule has 0 radical (unpaired) electrons. The van der Waals surface area contributed by atoms with Crippen LogP contribution in [0.5, 0.6) is 5.75 Å². The zero-order chi connectivity index (χ0) is 25.9. The van der Waals surface area contributed by atoms with Gasteiger partial charge in [-0.1, -0.05) is 48.0 Å². The van der Waals surface area contributed by atoms with Crippen LogP contribution in [0.4, 0.5) is 10.5 Å². The molecule has 1 fully saturated rings. The number of halogens is 1. The lowest BCUT2D eigenvalue weighted by Crippen LogP contribution is -2.27. The van der Waals surface area contributed by atoms with E-state index in [0.717, 1.165) is 16.7 Å². The molecule has 184 valence electrons. The number of hydrogen-bond donors (Lipinski definition) is 1. The number of rotatable bonds is 7. The summed E-state index contributed by atoms with van der Waals surface area (Å²) in [6, 6.07) is 18.7. The highest BCUT2D eigenvalue weighted by Crippen LogP contribution is 2.36. The topological polar surface area (TPSA) is 110 Å². The van der Waals surface area contributed by atoms with Crippen LogP contribution in [-0.2, 0) is 26.3 Å². The predicted molar refractivity (Wildman–Crippen MR) is 138 cm³/mol. The molecule has 36 heavy (non-hydrogen) atoms. The summed E-state index contributed by atoms with van der Waals surface area (Å²) in [6.45, 7) is 1.36. The highest BCUT2D eigenvalue weighted by Gasteiger charge is 2.35. The molecule has 3 aromatic rings. The van der Waals surface area contributed by atoms with Gasteiger partial charge in [-0.3, -0.25) is 19.3 Å². The molecule has 3 aromatic carbocycles. The number of benzene rings is 3. The number of carbonyl (C=O) groups excluding carboxylic acids is 3. The van der Waals surface area contributed by atoms with Crippen molar-refractivity contribution < 1.29 is 27.0 Å². The molecule has 0 unspecified atom stereocenters. The number of para-hydroxylation sites is 1. The second-order valence-corrected chi connectivity index (χ2v) is 10.6. The molecule has 0 aromatic heterocycles. The molecule has 1 heterocycles. The molecule has 1 saturated heterocycles. The predicted octanol–water partition coefficient (Wildman–Crippen LogP) is 5.30. The Morgan fingerprint density at radius 2 is 1.69 bits per heavy atom. The highest BCUT2D eigenvalue weighted by atomic mass is 35.5. The van der Waals surface area contributed by atoms with Gasteiger partial charge in [0.05, 0.1) is 11.4 Å². The molecule has 11 heteroatoms. The van der Waals surface area contributed by atoms with Gasteiger partial charge >= 0.3 is 10.1 Å². The summed E-state index contributed by atoms with van der Waals surface area (Å²) in [5, 5.41) is 2.53. The van der Waals surface area contributed by atoms with Crippen LogP contribution in [0.2, 0.25) is 5.02 Å². The molecular formula is C25H19ClN2O6S2. The zero-order valence-corrected chi connectivity index (χ0v) is 21.2. The SMILES string of the molecule is CC(=O)Nc1ccc(S(=O)(=O)Oc2ccccc2/C=C2\SC(=O)N(Cc3ccccc3Cl)C2=O)cc1. The molecule has 1 aliphatic heterocycles. The standard InChI is InChI=1S/C25H19ClN2O6S2/c1-16(29)27-19-10-12-20(13-11-19)36(32,33)34-22-9-5-3-6-17(22)14-23-24(30)28(25(31)35-23)15-18-7-2-4-8-21(18)26/h2-14H,15H2,1H3,(H,27,29)/b23-14-. The monoisotopic (exact) mass is 542 g/mol. The molecule has 0 atom stereocenters. The van der Waals surface area contributed by atoms with Gasteiger partial charge in [-0.05, 0) is 59.8 Å². The average Bonchev–Trinajstić information content (AvgIpc) is 3.09. The van der Waals surface area contributed by atoms with E-state index in [-0.39, 0.29) is 28.0 Å². The Morgan fingerprint density at radius 3 is 2.39 bits per heavy atom. The van der Waals surface area contributed by atoms with Crippen LogP contribution in [0.1, 0.15) is 18.1 Å². The van der Waals surface area contributed by atoms with Gasteiger partial charge in [-0.25, -0.2) is 0 Å². The molecular weight excluding hydrogens is 524 g/mol. The van der Waals surface area contributed by atoms with Gasteiger partial charge in [-0.15, -0.1) is 0 Å². The normalized spacial score (nSPS) is 14.8. The molecule has 3 amide bonds. The molecule has 1 aliphatic rings. The smallest absolute Gasteiger partial charge is 0.339 e. The fraction of sp³-hybridized carbons (Fsp3) is 0.0800. The van der Waals surface area contributed by atoms with Crippen LogP contribution in [0.25, 0.3) is 6.08 Å². The van der Waals surface area contributed by atoms with E-state index in [2.05, 4.69) is 5.32 Å². The van der Waals surface area contributed by atoms with Gasteiger partial charge in [0.1, 0.15) is 10.6 Å². The Morgan fingerprint density at radius 1 is 1.03 bits per heavy atom. The van der Waals surface area contributed by atoms with Crippen LogP contribution < -0.4 is 9.50 Å². The number of thioether (sulfide) groups is 1. The number of hydrogen-bond acceptors (Lipinski definition) is 7. The summed E-state index contributed by atoms with van der Waals surface area (Å²) < 4.78 is 31.1. The fourth-order valence-electron chi connectivity index (χ4n) is 3.32. The Kier molecular flexibility index (Phi) is 7.48. The zero-order valence-electron chi connectivity index (χ0n) is 18.8. The van der Waals surface area contributed by atoms with Crippen molar-refractivity contribution in [1.29, 1.82) is 0 Å². The maximum Gasteiger partial charge on any atom is 0.339 e. The van der Waals surface area contributed by atoms with Crippen LogP contribution >= 0.6 is 23.4 Å². The van der Waals surface area contributed by atoms with Crippen molar-refractivity contribution >= 4 is 62.3 Å². The van der Waals surface area contributed by atoms with Crippen LogP contribution in [-0.4, -0.2) is 30.4 Å². The van der Waals surface area contributed by atoms with Crippen molar-refractivity contribution in [3.05, 3.63) is 93.9 Å². The van der Waals surface area contributed by atoms with E-state index < -0.39 is 21.3 Å². The Balaban J connectivity index is 1.56. The maximum atomic E-state index is 12.9. The molecule has 8 nitrogen and oxygen atoms in total. The Labute approximate surface area is 217 Å². The minimum Gasteiger partial charge on any atom is -0.378 e. The van der Waals surface area contributed by atoms with Crippen molar-refractivity contribution in [3.8, 4) is 5.75 Å². The first-order valence-electron chi connectivity index (χ1n) is 10.5. The van der Waals surface area contributed by atoms with Crippen LogP contribution in [0, 0.1) is 0 Å². The fourth-order valence-corrected chi connectivity index (χ4v) is 5.30.